The SMILES string of the molecule is CCCOc1ccc(C(NCC2CC2)c2cccc(CC(=O)c3cc(C)nn3-c3cccc(CC)c3)c2)cc1. The van der Waals surface area contributed by atoms with Gasteiger partial charge in [-0.1, -0.05) is 62.4 Å². The molecule has 1 aliphatic carbocycles. The Kier molecular flexibility index (Phi) is 8.58. The molecular weight excluding hydrogens is 482 g/mol. The molecule has 5 nitrogen and oxygen atoms in total. The largest absolute Gasteiger partial charge is 0.494 e. The number of aryl methyl sites for hydroxylation is 2. The van der Waals surface area contributed by atoms with Crippen LogP contribution in [0.3, 0.4) is 0 Å². The summed E-state index contributed by atoms with van der Waals surface area (Å²) in [7, 11) is 0. The minimum absolute atomic E-state index is 0.0606. The Bertz CT molecular complexity index is 1400. The van der Waals surface area contributed by atoms with Crippen LogP contribution in [0.2, 0.25) is 0 Å². The first kappa shape index (κ1) is 26.9. The number of ether oxygens (including phenoxy) is 1. The Morgan fingerprint density at radius 3 is 2.49 bits per heavy atom. The first-order valence-corrected chi connectivity index (χ1v) is 14.3. The van der Waals surface area contributed by atoms with E-state index >= 15 is 0 Å². The third-order valence-electron chi connectivity index (χ3n) is 7.32. The smallest absolute Gasteiger partial charge is 0.185 e. The van der Waals surface area contributed by atoms with Gasteiger partial charge in [-0.25, -0.2) is 4.68 Å². The van der Waals surface area contributed by atoms with E-state index in [2.05, 4.69) is 78.9 Å². The van der Waals surface area contributed by atoms with Gasteiger partial charge in [0.1, 0.15) is 11.4 Å². The summed E-state index contributed by atoms with van der Waals surface area (Å²) in [5, 5.41) is 8.45. The molecule has 1 heterocycles. The molecule has 1 atom stereocenters. The van der Waals surface area contributed by atoms with Crippen molar-refractivity contribution in [3.63, 3.8) is 0 Å². The highest BCUT2D eigenvalue weighted by Crippen LogP contribution is 2.31. The van der Waals surface area contributed by atoms with Crippen LogP contribution in [0.25, 0.3) is 5.69 Å². The molecule has 39 heavy (non-hydrogen) atoms. The summed E-state index contributed by atoms with van der Waals surface area (Å²) in [6.07, 6.45) is 4.85. The highest BCUT2D eigenvalue weighted by atomic mass is 16.5. The molecule has 5 rings (SSSR count). The highest BCUT2D eigenvalue weighted by Gasteiger charge is 2.24. The molecule has 0 amide bonds. The van der Waals surface area contributed by atoms with Crippen molar-refractivity contribution in [3.05, 3.63) is 113 Å². The number of nitrogens with one attached hydrogen (secondary N) is 1. The zero-order valence-electron chi connectivity index (χ0n) is 23.3. The average Bonchev–Trinajstić information content (AvgIpc) is 3.71. The quantitative estimate of drug-likeness (QED) is 0.192. The molecule has 1 unspecified atom stereocenters. The summed E-state index contributed by atoms with van der Waals surface area (Å²) in [5.41, 5.74) is 6.99. The normalized spacial score (nSPS) is 13.8. The highest BCUT2D eigenvalue weighted by molar-refractivity contribution is 5.96. The minimum atomic E-state index is 0.0606. The number of hydrogen-bond donors (Lipinski definition) is 1. The average molecular weight is 522 g/mol. The van der Waals surface area contributed by atoms with Gasteiger partial charge in [0.15, 0.2) is 5.78 Å². The van der Waals surface area contributed by atoms with Gasteiger partial charge in [0, 0.05) is 6.42 Å². The summed E-state index contributed by atoms with van der Waals surface area (Å²) in [5.74, 6) is 1.73. The predicted molar refractivity (Wildman–Crippen MR) is 157 cm³/mol. The Labute approximate surface area is 232 Å². The number of benzene rings is 3. The number of hydrogen-bond acceptors (Lipinski definition) is 4. The molecule has 4 aromatic rings. The van der Waals surface area contributed by atoms with Gasteiger partial charge in [0.25, 0.3) is 0 Å². The zero-order chi connectivity index (χ0) is 27.2. The second-order valence-corrected chi connectivity index (χ2v) is 10.7. The first-order chi connectivity index (χ1) is 19.0. The van der Waals surface area contributed by atoms with Crippen LogP contribution in [-0.4, -0.2) is 28.7 Å². The van der Waals surface area contributed by atoms with E-state index < -0.39 is 0 Å². The van der Waals surface area contributed by atoms with Crippen LogP contribution in [0.1, 0.15) is 77.6 Å². The van der Waals surface area contributed by atoms with E-state index in [9.17, 15) is 4.79 Å². The molecule has 0 radical (unpaired) electrons. The van der Waals surface area contributed by atoms with Gasteiger partial charge in [-0.2, -0.15) is 5.10 Å². The van der Waals surface area contributed by atoms with Crippen LogP contribution >= 0.6 is 0 Å². The van der Waals surface area contributed by atoms with E-state index in [0.717, 1.165) is 54.6 Å². The van der Waals surface area contributed by atoms with Gasteiger partial charge >= 0.3 is 0 Å². The van der Waals surface area contributed by atoms with Gasteiger partial charge < -0.3 is 10.1 Å². The van der Waals surface area contributed by atoms with Gasteiger partial charge in [0.2, 0.25) is 0 Å². The summed E-state index contributed by atoms with van der Waals surface area (Å²) in [6.45, 7) is 7.90. The molecule has 3 aromatic carbocycles. The molecule has 202 valence electrons. The Morgan fingerprint density at radius 1 is 0.974 bits per heavy atom. The van der Waals surface area contributed by atoms with Gasteiger partial charge in [-0.3, -0.25) is 4.79 Å². The maximum Gasteiger partial charge on any atom is 0.185 e. The van der Waals surface area contributed by atoms with Crippen LogP contribution < -0.4 is 10.1 Å². The number of Topliss-reactive ketones (excluding diaryl/α,β-unsaturated/α-hetero) is 1. The molecule has 1 aromatic heterocycles. The third-order valence-corrected chi connectivity index (χ3v) is 7.32. The molecule has 1 fully saturated rings. The van der Waals surface area contributed by atoms with Gasteiger partial charge in [0.05, 0.1) is 24.0 Å². The van der Waals surface area contributed by atoms with Crippen molar-refractivity contribution < 1.29 is 9.53 Å². The van der Waals surface area contributed by atoms with Crippen LogP contribution in [0.5, 0.6) is 5.75 Å². The Hall–Kier alpha value is -3.70. The molecule has 5 heteroatoms. The van der Waals surface area contributed by atoms with Crippen LogP contribution in [-0.2, 0) is 12.8 Å². The number of ketones is 1. The van der Waals surface area contributed by atoms with E-state index in [1.54, 1.807) is 4.68 Å². The van der Waals surface area contributed by atoms with E-state index in [1.807, 2.05) is 31.2 Å². The van der Waals surface area contributed by atoms with Crippen molar-refractivity contribution in [1.29, 1.82) is 0 Å². The first-order valence-electron chi connectivity index (χ1n) is 14.3. The van der Waals surface area contributed by atoms with E-state index in [1.165, 1.54) is 29.5 Å². The van der Waals surface area contributed by atoms with Gasteiger partial charge in [-0.15, -0.1) is 0 Å². The molecule has 0 bridgehead atoms. The number of nitrogens with zero attached hydrogens (tertiary/aromatic N) is 2. The molecule has 0 spiro atoms. The Balaban J connectivity index is 1.38. The lowest BCUT2D eigenvalue weighted by molar-refractivity contribution is 0.0985. The fourth-order valence-corrected chi connectivity index (χ4v) is 4.97. The molecule has 0 saturated heterocycles. The van der Waals surface area contributed by atoms with E-state index in [-0.39, 0.29) is 11.8 Å². The monoisotopic (exact) mass is 521 g/mol. The molecular formula is C34H39N3O2. The molecule has 0 aliphatic heterocycles. The Morgan fingerprint density at radius 2 is 1.74 bits per heavy atom. The van der Waals surface area contributed by atoms with Crippen LogP contribution in [0.4, 0.5) is 0 Å². The lowest BCUT2D eigenvalue weighted by Gasteiger charge is -2.21. The number of aromatic nitrogens is 2. The van der Waals surface area contributed by atoms with E-state index in [0.29, 0.717) is 12.1 Å². The zero-order valence-corrected chi connectivity index (χ0v) is 23.3. The molecule has 1 aliphatic rings. The topological polar surface area (TPSA) is 56.1 Å². The van der Waals surface area contributed by atoms with Crippen molar-refractivity contribution >= 4 is 5.78 Å². The summed E-state index contributed by atoms with van der Waals surface area (Å²) in [6, 6.07) is 27.1. The van der Waals surface area contributed by atoms with E-state index in [4.69, 9.17) is 4.74 Å². The fourth-order valence-electron chi connectivity index (χ4n) is 4.97. The predicted octanol–water partition coefficient (Wildman–Crippen LogP) is 7.05. The second kappa shape index (κ2) is 12.4. The molecule has 1 saturated carbocycles. The summed E-state index contributed by atoms with van der Waals surface area (Å²) < 4.78 is 7.59. The van der Waals surface area contributed by atoms with Crippen molar-refractivity contribution in [2.75, 3.05) is 13.2 Å². The fraction of sp³-hybridized carbons (Fsp3) is 0.353. The van der Waals surface area contributed by atoms with Crippen LogP contribution in [0, 0.1) is 12.8 Å². The summed E-state index contributed by atoms with van der Waals surface area (Å²) >= 11 is 0. The summed E-state index contributed by atoms with van der Waals surface area (Å²) in [4.78, 5) is 13.6. The van der Waals surface area contributed by atoms with Crippen molar-refractivity contribution in [2.24, 2.45) is 5.92 Å². The third kappa shape index (κ3) is 6.85. The maximum absolute atomic E-state index is 13.6. The minimum Gasteiger partial charge on any atom is -0.494 e. The standard InChI is InChI=1S/C34H39N3O2/c1-4-18-39-31-16-14-28(15-17-31)34(35-23-26-12-13-26)29-10-6-9-27(20-29)22-33(38)32-19-24(3)36-37(32)30-11-7-8-25(5-2)21-30/h6-11,14-17,19-21,26,34-35H,4-5,12-13,18,22-23H2,1-3H3. The van der Waals surface area contributed by atoms with Gasteiger partial charge in [-0.05, 0) is 97.7 Å². The lowest BCUT2D eigenvalue weighted by Crippen LogP contribution is -2.24. The number of rotatable bonds is 13. The maximum atomic E-state index is 13.6. The van der Waals surface area contributed by atoms with Crippen molar-refractivity contribution in [3.8, 4) is 11.4 Å². The van der Waals surface area contributed by atoms with Crippen molar-refractivity contribution in [2.45, 2.75) is 58.9 Å². The number of carbonyl (C=O) groups excluding carboxylic acids is 1. The van der Waals surface area contributed by atoms with Crippen molar-refractivity contribution in [1.82, 2.24) is 15.1 Å². The lowest BCUT2D eigenvalue weighted by atomic mass is 9.95. The second-order valence-electron chi connectivity index (χ2n) is 10.7. The van der Waals surface area contributed by atoms with Crippen LogP contribution in [0.15, 0.2) is 78.9 Å². The molecule has 1 N–H and O–H groups in total. The number of carbonyl (C=O) groups is 1.